The van der Waals surface area contributed by atoms with Crippen LogP contribution < -0.4 is 10.5 Å². The maximum absolute atomic E-state index is 10.8. The van der Waals surface area contributed by atoms with Gasteiger partial charge in [-0.3, -0.25) is 10.1 Å². The van der Waals surface area contributed by atoms with Crippen LogP contribution in [-0.2, 0) is 12.8 Å². The first kappa shape index (κ1) is 12.5. The van der Waals surface area contributed by atoms with Crippen LogP contribution in [-0.4, -0.2) is 4.92 Å². The van der Waals surface area contributed by atoms with Gasteiger partial charge in [0.25, 0.3) is 5.69 Å². The maximum atomic E-state index is 10.8. The molecule has 0 saturated carbocycles. The molecule has 0 bridgehead atoms. The van der Waals surface area contributed by atoms with E-state index in [1.807, 2.05) is 12.1 Å². The van der Waals surface area contributed by atoms with Crippen LogP contribution in [0.5, 0.6) is 11.5 Å². The van der Waals surface area contributed by atoms with E-state index in [-0.39, 0.29) is 5.69 Å². The Hall–Kier alpha value is -2.56. The standard InChI is InChI=1S/C15H14N2O3/c16-12-7-13(17(18)19)9-15(8-12)20-14-5-4-10-2-1-3-11(10)6-14/h4-9H,1-3,16H2. The topological polar surface area (TPSA) is 78.4 Å². The molecule has 2 aromatic rings. The molecule has 5 nitrogen and oxygen atoms in total. The summed E-state index contributed by atoms with van der Waals surface area (Å²) in [5.41, 5.74) is 8.55. The molecule has 0 amide bonds. The van der Waals surface area contributed by atoms with E-state index in [1.165, 1.54) is 29.7 Å². The number of fused-ring (bicyclic) bond motifs is 1. The van der Waals surface area contributed by atoms with Crippen molar-refractivity contribution in [1.82, 2.24) is 0 Å². The smallest absolute Gasteiger partial charge is 0.275 e. The highest BCUT2D eigenvalue weighted by Crippen LogP contribution is 2.31. The van der Waals surface area contributed by atoms with Gasteiger partial charge in [0, 0.05) is 17.8 Å². The lowest BCUT2D eigenvalue weighted by Crippen LogP contribution is -1.94. The van der Waals surface area contributed by atoms with Gasteiger partial charge in [-0.2, -0.15) is 0 Å². The summed E-state index contributed by atoms with van der Waals surface area (Å²) >= 11 is 0. The van der Waals surface area contributed by atoms with E-state index in [2.05, 4.69) is 6.07 Å². The van der Waals surface area contributed by atoms with Gasteiger partial charge in [-0.05, 0) is 42.5 Å². The molecule has 0 atom stereocenters. The monoisotopic (exact) mass is 270 g/mol. The average molecular weight is 270 g/mol. The third-order valence-electron chi connectivity index (χ3n) is 3.43. The molecule has 0 heterocycles. The van der Waals surface area contributed by atoms with Crippen molar-refractivity contribution in [3.05, 3.63) is 57.6 Å². The van der Waals surface area contributed by atoms with E-state index in [4.69, 9.17) is 10.5 Å². The van der Waals surface area contributed by atoms with Gasteiger partial charge in [0.1, 0.15) is 11.5 Å². The number of hydrogen-bond acceptors (Lipinski definition) is 4. The Morgan fingerprint density at radius 1 is 1.05 bits per heavy atom. The Morgan fingerprint density at radius 3 is 2.65 bits per heavy atom. The number of ether oxygens (including phenoxy) is 1. The first-order chi connectivity index (χ1) is 9.61. The molecule has 0 aliphatic heterocycles. The van der Waals surface area contributed by atoms with Crippen molar-refractivity contribution in [1.29, 1.82) is 0 Å². The summed E-state index contributed by atoms with van der Waals surface area (Å²) in [5.74, 6) is 1.07. The fraction of sp³-hybridized carbons (Fsp3) is 0.200. The number of benzene rings is 2. The lowest BCUT2D eigenvalue weighted by molar-refractivity contribution is -0.384. The Bertz CT molecular complexity index is 683. The van der Waals surface area contributed by atoms with E-state index >= 15 is 0 Å². The van der Waals surface area contributed by atoms with Crippen LogP contribution in [0.4, 0.5) is 11.4 Å². The van der Waals surface area contributed by atoms with Gasteiger partial charge in [0.05, 0.1) is 11.0 Å². The molecular weight excluding hydrogens is 256 g/mol. The Labute approximate surface area is 116 Å². The summed E-state index contributed by atoms with van der Waals surface area (Å²) in [6.45, 7) is 0. The molecule has 20 heavy (non-hydrogen) atoms. The molecule has 0 fully saturated rings. The molecule has 0 aromatic heterocycles. The molecule has 0 saturated heterocycles. The largest absolute Gasteiger partial charge is 0.457 e. The van der Waals surface area contributed by atoms with Crippen LogP contribution in [0.2, 0.25) is 0 Å². The molecule has 0 radical (unpaired) electrons. The first-order valence-corrected chi connectivity index (χ1v) is 6.46. The van der Waals surface area contributed by atoms with Crippen LogP contribution in [0.15, 0.2) is 36.4 Å². The van der Waals surface area contributed by atoms with Crippen LogP contribution in [0.25, 0.3) is 0 Å². The van der Waals surface area contributed by atoms with Gasteiger partial charge in [-0.15, -0.1) is 0 Å². The molecular formula is C15H14N2O3. The normalized spacial score (nSPS) is 13.0. The van der Waals surface area contributed by atoms with Crippen molar-refractivity contribution in [2.24, 2.45) is 0 Å². The molecule has 0 spiro atoms. The van der Waals surface area contributed by atoms with E-state index in [0.29, 0.717) is 17.2 Å². The number of rotatable bonds is 3. The van der Waals surface area contributed by atoms with Crippen molar-refractivity contribution < 1.29 is 9.66 Å². The van der Waals surface area contributed by atoms with E-state index in [9.17, 15) is 10.1 Å². The second-order valence-electron chi connectivity index (χ2n) is 4.90. The summed E-state index contributed by atoms with van der Waals surface area (Å²) in [6, 6.07) is 10.2. The first-order valence-electron chi connectivity index (χ1n) is 6.46. The van der Waals surface area contributed by atoms with Crippen molar-refractivity contribution in [3.8, 4) is 11.5 Å². The molecule has 3 rings (SSSR count). The predicted octanol–water partition coefficient (Wildman–Crippen LogP) is 3.46. The number of nitrogens with zero attached hydrogens (tertiary/aromatic N) is 1. The molecule has 2 aromatic carbocycles. The summed E-state index contributed by atoms with van der Waals surface area (Å²) in [4.78, 5) is 10.3. The van der Waals surface area contributed by atoms with Crippen LogP contribution in [0.3, 0.4) is 0 Å². The maximum Gasteiger partial charge on any atom is 0.275 e. The van der Waals surface area contributed by atoms with Crippen molar-refractivity contribution >= 4 is 11.4 Å². The fourth-order valence-electron chi connectivity index (χ4n) is 2.52. The minimum atomic E-state index is -0.480. The summed E-state index contributed by atoms with van der Waals surface area (Å²) in [7, 11) is 0. The highest BCUT2D eigenvalue weighted by molar-refractivity contribution is 5.54. The van der Waals surface area contributed by atoms with Gasteiger partial charge in [-0.25, -0.2) is 0 Å². The molecule has 102 valence electrons. The van der Waals surface area contributed by atoms with Crippen LogP contribution >= 0.6 is 0 Å². The number of hydrogen-bond donors (Lipinski definition) is 1. The second-order valence-corrected chi connectivity index (χ2v) is 4.90. The minimum absolute atomic E-state index is 0.0684. The molecule has 1 aliphatic carbocycles. The Kier molecular flexibility index (Phi) is 3.02. The Morgan fingerprint density at radius 2 is 1.85 bits per heavy atom. The summed E-state index contributed by atoms with van der Waals surface area (Å²) in [5, 5.41) is 10.8. The zero-order chi connectivity index (χ0) is 14.1. The molecule has 1 aliphatic rings. The van der Waals surface area contributed by atoms with E-state index in [1.54, 1.807) is 6.07 Å². The average Bonchev–Trinajstić information content (AvgIpc) is 2.85. The quantitative estimate of drug-likeness (QED) is 0.526. The summed E-state index contributed by atoms with van der Waals surface area (Å²) in [6.07, 6.45) is 3.34. The number of anilines is 1. The van der Waals surface area contributed by atoms with Gasteiger partial charge < -0.3 is 10.5 Å². The van der Waals surface area contributed by atoms with Gasteiger partial charge in [-0.1, -0.05) is 6.07 Å². The molecule has 0 unspecified atom stereocenters. The minimum Gasteiger partial charge on any atom is -0.457 e. The number of nitro benzene ring substituents is 1. The number of aryl methyl sites for hydroxylation is 2. The van der Waals surface area contributed by atoms with Crippen molar-refractivity contribution in [3.63, 3.8) is 0 Å². The van der Waals surface area contributed by atoms with Crippen molar-refractivity contribution in [2.45, 2.75) is 19.3 Å². The lowest BCUT2D eigenvalue weighted by Gasteiger charge is -2.08. The number of nitrogens with two attached hydrogens (primary N) is 1. The fourth-order valence-corrected chi connectivity index (χ4v) is 2.52. The Balaban J connectivity index is 1.89. The summed E-state index contributed by atoms with van der Waals surface area (Å²) < 4.78 is 5.69. The van der Waals surface area contributed by atoms with Crippen LogP contribution in [0.1, 0.15) is 17.5 Å². The zero-order valence-electron chi connectivity index (χ0n) is 10.8. The third-order valence-corrected chi connectivity index (χ3v) is 3.43. The highest BCUT2D eigenvalue weighted by atomic mass is 16.6. The third kappa shape index (κ3) is 2.42. The van der Waals surface area contributed by atoms with Gasteiger partial charge >= 0.3 is 0 Å². The number of non-ortho nitro benzene ring substituents is 1. The van der Waals surface area contributed by atoms with Crippen LogP contribution in [0, 0.1) is 10.1 Å². The lowest BCUT2D eigenvalue weighted by atomic mass is 10.1. The zero-order valence-corrected chi connectivity index (χ0v) is 10.8. The second kappa shape index (κ2) is 4.85. The van der Waals surface area contributed by atoms with Gasteiger partial charge in [0.2, 0.25) is 0 Å². The molecule has 5 heteroatoms. The number of nitrogen functional groups attached to an aromatic ring is 1. The highest BCUT2D eigenvalue weighted by Gasteiger charge is 2.13. The van der Waals surface area contributed by atoms with E-state index in [0.717, 1.165) is 12.8 Å². The van der Waals surface area contributed by atoms with E-state index < -0.39 is 4.92 Å². The predicted molar refractivity (Wildman–Crippen MR) is 76.0 cm³/mol. The van der Waals surface area contributed by atoms with Crippen molar-refractivity contribution in [2.75, 3.05) is 5.73 Å². The molecule has 2 N–H and O–H groups in total. The SMILES string of the molecule is Nc1cc(Oc2ccc3c(c2)CCC3)cc([N+](=O)[O-])c1. The van der Waals surface area contributed by atoms with Gasteiger partial charge in [0.15, 0.2) is 0 Å². The number of nitro groups is 1.